The zero-order valence-corrected chi connectivity index (χ0v) is 11.7. The fourth-order valence-corrected chi connectivity index (χ4v) is 5.10. The zero-order valence-electron chi connectivity index (χ0n) is 11.7. The van der Waals surface area contributed by atoms with Gasteiger partial charge in [0.1, 0.15) is 0 Å². The number of nitrogens with zero attached hydrogens (tertiary/aromatic N) is 1. The van der Waals surface area contributed by atoms with E-state index in [1.165, 1.54) is 38.5 Å². The maximum atomic E-state index is 11.7. The highest BCUT2D eigenvalue weighted by atomic mass is 16.5. The number of ether oxygens (including phenoxy) is 1. The molecule has 4 bridgehead atoms. The van der Waals surface area contributed by atoms with Gasteiger partial charge in [-0.15, -0.1) is 0 Å². The van der Waals surface area contributed by atoms with Crippen LogP contribution < -0.4 is 0 Å². The number of likely N-dealkylation sites (N-methyl/N-ethyl adjacent to an activating group) is 1. The van der Waals surface area contributed by atoms with Crippen LogP contribution in [-0.2, 0) is 9.53 Å². The SMILES string of the molecule is CCOC(=O)CN(C)C12CC3CC(CC(C3)C1)C2. The number of esters is 1. The second kappa shape index (κ2) is 4.52. The van der Waals surface area contributed by atoms with Crippen molar-refractivity contribution in [3.63, 3.8) is 0 Å². The van der Waals surface area contributed by atoms with Crippen molar-refractivity contribution in [1.29, 1.82) is 0 Å². The minimum Gasteiger partial charge on any atom is -0.465 e. The fourth-order valence-electron chi connectivity index (χ4n) is 5.10. The molecule has 0 aromatic heterocycles. The van der Waals surface area contributed by atoms with Crippen molar-refractivity contribution in [3.8, 4) is 0 Å². The number of carbonyl (C=O) groups excluding carboxylic acids is 1. The molecule has 4 rings (SSSR count). The topological polar surface area (TPSA) is 29.5 Å². The van der Waals surface area contributed by atoms with Crippen molar-refractivity contribution >= 4 is 5.97 Å². The fraction of sp³-hybridized carbons (Fsp3) is 0.933. The number of rotatable bonds is 4. The van der Waals surface area contributed by atoms with Crippen molar-refractivity contribution in [2.75, 3.05) is 20.2 Å². The smallest absolute Gasteiger partial charge is 0.320 e. The molecule has 0 aliphatic heterocycles. The summed E-state index contributed by atoms with van der Waals surface area (Å²) < 4.78 is 5.10. The normalized spacial score (nSPS) is 41.4. The third-order valence-electron chi connectivity index (χ3n) is 5.49. The molecule has 0 atom stereocenters. The molecule has 0 aromatic rings. The van der Waals surface area contributed by atoms with Crippen LogP contribution in [0.5, 0.6) is 0 Å². The maximum absolute atomic E-state index is 11.7. The van der Waals surface area contributed by atoms with E-state index in [9.17, 15) is 4.79 Å². The molecular formula is C15H25NO2. The van der Waals surface area contributed by atoms with E-state index >= 15 is 0 Å². The van der Waals surface area contributed by atoms with Gasteiger partial charge in [0.05, 0.1) is 13.2 Å². The number of carbonyl (C=O) groups is 1. The molecule has 4 saturated carbocycles. The number of hydrogen-bond donors (Lipinski definition) is 0. The van der Waals surface area contributed by atoms with Crippen LogP contribution in [0.2, 0.25) is 0 Å². The van der Waals surface area contributed by atoms with E-state index in [1.54, 1.807) is 0 Å². The van der Waals surface area contributed by atoms with E-state index in [2.05, 4.69) is 11.9 Å². The van der Waals surface area contributed by atoms with Crippen molar-refractivity contribution in [2.45, 2.75) is 51.0 Å². The van der Waals surface area contributed by atoms with Crippen molar-refractivity contribution in [3.05, 3.63) is 0 Å². The van der Waals surface area contributed by atoms with Crippen LogP contribution >= 0.6 is 0 Å². The summed E-state index contributed by atoms with van der Waals surface area (Å²) in [5, 5.41) is 0. The lowest BCUT2D eigenvalue weighted by atomic mass is 9.52. The molecule has 18 heavy (non-hydrogen) atoms. The summed E-state index contributed by atoms with van der Waals surface area (Å²) in [4.78, 5) is 14.0. The molecule has 0 amide bonds. The lowest BCUT2D eigenvalue weighted by Crippen LogP contribution is -2.59. The van der Waals surface area contributed by atoms with Gasteiger partial charge in [0.15, 0.2) is 0 Å². The van der Waals surface area contributed by atoms with Crippen LogP contribution in [0.3, 0.4) is 0 Å². The Balaban J connectivity index is 1.69. The number of hydrogen-bond acceptors (Lipinski definition) is 3. The summed E-state index contributed by atoms with van der Waals surface area (Å²) in [6.07, 6.45) is 8.30. The third kappa shape index (κ3) is 2.07. The van der Waals surface area contributed by atoms with E-state index in [1.807, 2.05) is 6.92 Å². The molecule has 0 N–H and O–H groups in total. The molecule has 0 heterocycles. The predicted octanol–water partition coefficient (Wildman–Crippen LogP) is 2.45. The predicted molar refractivity (Wildman–Crippen MR) is 70.2 cm³/mol. The van der Waals surface area contributed by atoms with Gasteiger partial charge in [-0.3, -0.25) is 9.69 Å². The molecule has 0 saturated heterocycles. The first-order chi connectivity index (χ1) is 8.61. The molecule has 4 aliphatic carbocycles. The second-order valence-electron chi connectivity index (χ2n) is 6.80. The average molecular weight is 251 g/mol. The van der Waals surface area contributed by atoms with Gasteiger partial charge >= 0.3 is 5.97 Å². The monoisotopic (exact) mass is 251 g/mol. The van der Waals surface area contributed by atoms with Gasteiger partial charge < -0.3 is 4.74 Å². The molecule has 0 radical (unpaired) electrons. The largest absolute Gasteiger partial charge is 0.465 e. The Kier molecular flexibility index (Phi) is 3.13. The van der Waals surface area contributed by atoms with Gasteiger partial charge in [0, 0.05) is 5.54 Å². The van der Waals surface area contributed by atoms with Crippen molar-refractivity contribution in [1.82, 2.24) is 4.90 Å². The van der Waals surface area contributed by atoms with Crippen LogP contribution in [0.4, 0.5) is 0 Å². The molecule has 4 fully saturated rings. The van der Waals surface area contributed by atoms with Gasteiger partial charge in [0.25, 0.3) is 0 Å². The zero-order chi connectivity index (χ0) is 12.8. The van der Waals surface area contributed by atoms with E-state index in [0.29, 0.717) is 18.7 Å². The summed E-state index contributed by atoms with van der Waals surface area (Å²) in [6, 6.07) is 0. The Labute approximate surface area is 110 Å². The van der Waals surface area contributed by atoms with Crippen LogP contribution in [-0.4, -0.2) is 36.6 Å². The van der Waals surface area contributed by atoms with E-state index < -0.39 is 0 Å². The lowest BCUT2D eigenvalue weighted by Gasteiger charge is -2.59. The lowest BCUT2D eigenvalue weighted by molar-refractivity contribution is -0.149. The van der Waals surface area contributed by atoms with Crippen LogP contribution in [0.15, 0.2) is 0 Å². The second-order valence-corrected chi connectivity index (χ2v) is 6.80. The van der Waals surface area contributed by atoms with Gasteiger partial charge in [-0.2, -0.15) is 0 Å². The highest BCUT2D eigenvalue weighted by Gasteiger charge is 2.52. The summed E-state index contributed by atoms with van der Waals surface area (Å²) >= 11 is 0. The van der Waals surface area contributed by atoms with Crippen LogP contribution in [0.25, 0.3) is 0 Å². The van der Waals surface area contributed by atoms with Gasteiger partial charge in [0.2, 0.25) is 0 Å². The molecular weight excluding hydrogens is 226 g/mol. The van der Waals surface area contributed by atoms with E-state index in [-0.39, 0.29) is 5.97 Å². The van der Waals surface area contributed by atoms with Gasteiger partial charge in [-0.1, -0.05) is 0 Å². The average Bonchev–Trinajstić information content (AvgIpc) is 2.27. The first kappa shape index (κ1) is 12.5. The first-order valence-corrected chi connectivity index (χ1v) is 7.48. The minimum atomic E-state index is -0.0595. The van der Waals surface area contributed by atoms with Gasteiger partial charge in [-0.05, 0) is 70.3 Å². The summed E-state index contributed by atoms with van der Waals surface area (Å²) in [7, 11) is 2.13. The summed E-state index contributed by atoms with van der Waals surface area (Å²) in [6.45, 7) is 2.84. The summed E-state index contributed by atoms with van der Waals surface area (Å²) in [5.41, 5.74) is 0.321. The molecule has 0 unspecified atom stereocenters. The minimum absolute atomic E-state index is 0.0595. The Morgan fingerprint density at radius 1 is 1.17 bits per heavy atom. The highest BCUT2D eigenvalue weighted by Crippen LogP contribution is 2.57. The van der Waals surface area contributed by atoms with E-state index in [4.69, 9.17) is 4.74 Å². The standard InChI is InChI=1S/C15H25NO2/c1-3-18-14(17)10-16(2)15-7-11-4-12(8-15)6-13(5-11)9-15/h11-13H,3-10H2,1-2H3. The quantitative estimate of drug-likeness (QED) is 0.719. The molecule has 3 heteroatoms. The Morgan fingerprint density at radius 3 is 2.11 bits per heavy atom. The van der Waals surface area contributed by atoms with Crippen molar-refractivity contribution < 1.29 is 9.53 Å². The van der Waals surface area contributed by atoms with Crippen molar-refractivity contribution in [2.24, 2.45) is 17.8 Å². The highest BCUT2D eigenvalue weighted by molar-refractivity contribution is 5.71. The summed E-state index contributed by atoms with van der Waals surface area (Å²) in [5.74, 6) is 2.73. The molecule has 3 nitrogen and oxygen atoms in total. The van der Waals surface area contributed by atoms with E-state index in [0.717, 1.165) is 17.8 Å². The van der Waals surface area contributed by atoms with Crippen LogP contribution in [0, 0.1) is 17.8 Å². The first-order valence-electron chi connectivity index (χ1n) is 7.48. The third-order valence-corrected chi connectivity index (χ3v) is 5.49. The molecule has 0 spiro atoms. The van der Waals surface area contributed by atoms with Gasteiger partial charge in [-0.25, -0.2) is 0 Å². The molecule has 102 valence electrons. The Morgan fingerprint density at radius 2 is 1.67 bits per heavy atom. The van der Waals surface area contributed by atoms with Crippen LogP contribution in [0.1, 0.15) is 45.4 Å². The molecule has 0 aromatic carbocycles. The molecule has 4 aliphatic rings. The Bertz CT molecular complexity index is 304. The Hall–Kier alpha value is -0.570. The maximum Gasteiger partial charge on any atom is 0.320 e.